The molecule has 4 heteroatoms. The molecule has 0 aliphatic carbocycles. The molecule has 0 bridgehead atoms. The first-order valence-corrected chi connectivity index (χ1v) is 7.81. The molecule has 0 saturated carbocycles. The number of hydrogen-bond donors (Lipinski definition) is 1. The number of benzene rings is 1. The Morgan fingerprint density at radius 1 is 1.20 bits per heavy atom. The van der Waals surface area contributed by atoms with Crippen LogP contribution in [0, 0.1) is 6.92 Å². The third-order valence-corrected chi connectivity index (χ3v) is 4.03. The lowest BCUT2D eigenvalue weighted by Crippen LogP contribution is -2.35. The highest BCUT2D eigenvalue weighted by Gasteiger charge is 2.13. The molecule has 1 N–H and O–H groups in total. The molecule has 1 aromatic carbocycles. The predicted octanol–water partition coefficient (Wildman–Crippen LogP) is 3.85. The highest BCUT2D eigenvalue weighted by molar-refractivity contribution is 6.33. The van der Waals surface area contributed by atoms with Crippen molar-refractivity contribution < 1.29 is 4.79 Å². The lowest BCUT2D eigenvalue weighted by Gasteiger charge is -2.23. The van der Waals surface area contributed by atoms with Crippen LogP contribution in [-0.4, -0.2) is 30.4 Å². The van der Waals surface area contributed by atoms with Crippen LogP contribution < -0.4 is 5.32 Å². The van der Waals surface area contributed by atoms with Crippen molar-refractivity contribution in [2.75, 3.05) is 25.0 Å². The number of rotatable bonds is 3. The van der Waals surface area contributed by atoms with E-state index in [0.717, 1.165) is 18.7 Å². The molecule has 0 aromatic heterocycles. The molecule has 1 aliphatic rings. The van der Waals surface area contributed by atoms with E-state index in [4.69, 9.17) is 11.6 Å². The molecule has 2 rings (SSSR count). The highest BCUT2D eigenvalue weighted by Crippen LogP contribution is 2.22. The number of nitrogens with one attached hydrogen (secondary N) is 1. The predicted molar refractivity (Wildman–Crippen MR) is 84.3 cm³/mol. The van der Waals surface area contributed by atoms with Crippen LogP contribution in [0.15, 0.2) is 18.2 Å². The van der Waals surface area contributed by atoms with E-state index in [1.807, 2.05) is 25.1 Å². The molecule has 3 nitrogen and oxygen atoms in total. The van der Waals surface area contributed by atoms with Gasteiger partial charge in [-0.25, -0.2) is 0 Å². The molecule has 1 saturated heterocycles. The van der Waals surface area contributed by atoms with Gasteiger partial charge < -0.3 is 5.32 Å². The van der Waals surface area contributed by atoms with E-state index in [1.54, 1.807) is 0 Å². The second-order valence-electron chi connectivity index (χ2n) is 5.58. The van der Waals surface area contributed by atoms with E-state index in [-0.39, 0.29) is 5.91 Å². The molecule has 1 aromatic rings. The average Bonchev–Trinajstić information content (AvgIpc) is 2.36. The number of carbonyl (C=O) groups is 1. The van der Waals surface area contributed by atoms with Gasteiger partial charge in [-0.1, -0.05) is 36.9 Å². The molecule has 20 heavy (non-hydrogen) atoms. The quantitative estimate of drug-likeness (QED) is 0.918. The molecule has 1 amide bonds. The van der Waals surface area contributed by atoms with Crippen LogP contribution in [0.2, 0.25) is 5.02 Å². The second kappa shape index (κ2) is 7.65. The fraction of sp³-hybridized carbons (Fsp3) is 0.562. The first kappa shape index (κ1) is 15.3. The number of hydrogen-bond acceptors (Lipinski definition) is 2. The van der Waals surface area contributed by atoms with Crippen molar-refractivity contribution in [2.24, 2.45) is 0 Å². The van der Waals surface area contributed by atoms with Crippen molar-refractivity contribution >= 4 is 23.2 Å². The Balaban J connectivity index is 1.87. The molecule has 1 aliphatic heterocycles. The van der Waals surface area contributed by atoms with E-state index in [9.17, 15) is 4.79 Å². The summed E-state index contributed by atoms with van der Waals surface area (Å²) >= 11 is 6.14. The number of likely N-dealkylation sites (tertiary alicyclic amines) is 1. The number of amides is 1. The molecular formula is C16H23ClN2O. The average molecular weight is 295 g/mol. The molecule has 110 valence electrons. The number of carbonyl (C=O) groups excluding carboxylic acids is 1. The second-order valence-corrected chi connectivity index (χ2v) is 5.98. The van der Waals surface area contributed by atoms with E-state index in [1.165, 1.54) is 32.1 Å². The molecule has 0 spiro atoms. The summed E-state index contributed by atoms with van der Waals surface area (Å²) in [5.74, 6) is 0.0244. The highest BCUT2D eigenvalue weighted by atomic mass is 35.5. The van der Waals surface area contributed by atoms with E-state index < -0.39 is 0 Å². The van der Waals surface area contributed by atoms with Gasteiger partial charge in [0.05, 0.1) is 17.3 Å². The normalized spacial score (nSPS) is 17.3. The van der Waals surface area contributed by atoms with Crippen LogP contribution in [0.1, 0.15) is 37.7 Å². The lowest BCUT2D eigenvalue weighted by molar-refractivity contribution is -0.117. The zero-order chi connectivity index (χ0) is 14.4. The summed E-state index contributed by atoms with van der Waals surface area (Å²) in [6, 6.07) is 5.69. The van der Waals surface area contributed by atoms with Crippen LogP contribution in [0.4, 0.5) is 5.69 Å². The number of nitrogens with zero attached hydrogens (tertiary/aromatic N) is 1. The minimum atomic E-state index is 0.0244. The molecule has 1 fully saturated rings. The number of anilines is 1. The molecule has 0 atom stereocenters. The summed E-state index contributed by atoms with van der Waals surface area (Å²) in [5, 5.41) is 3.51. The van der Waals surface area contributed by atoms with E-state index in [2.05, 4.69) is 10.2 Å². The molecule has 1 heterocycles. The van der Waals surface area contributed by atoms with Crippen LogP contribution in [0.3, 0.4) is 0 Å². The Morgan fingerprint density at radius 2 is 1.85 bits per heavy atom. The smallest absolute Gasteiger partial charge is 0.238 e. The van der Waals surface area contributed by atoms with E-state index >= 15 is 0 Å². The van der Waals surface area contributed by atoms with Crippen molar-refractivity contribution in [1.29, 1.82) is 0 Å². The minimum Gasteiger partial charge on any atom is -0.324 e. The van der Waals surface area contributed by atoms with Gasteiger partial charge in [0.25, 0.3) is 0 Å². The fourth-order valence-corrected chi connectivity index (χ4v) is 2.87. The van der Waals surface area contributed by atoms with Crippen molar-refractivity contribution in [3.05, 3.63) is 28.8 Å². The van der Waals surface area contributed by atoms with Gasteiger partial charge in [-0.2, -0.15) is 0 Å². The third-order valence-electron chi connectivity index (χ3n) is 3.71. The number of aryl methyl sites for hydroxylation is 1. The molecule has 0 unspecified atom stereocenters. The summed E-state index contributed by atoms with van der Waals surface area (Å²) in [6.07, 6.45) is 6.28. The van der Waals surface area contributed by atoms with Gasteiger partial charge in [-0.3, -0.25) is 9.69 Å². The van der Waals surface area contributed by atoms with Gasteiger partial charge in [0, 0.05) is 0 Å². The Morgan fingerprint density at radius 3 is 2.50 bits per heavy atom. The van der Waals surface area contributed by atoms with Gasteiger partial charge in [0.15, 0.2) is 0 Å². The van der Waals surface area contributed by atoms with Gasteiger partial charge in [-0.05, 0) is 50.6 Å². The van der Waals surface area contributed by atoms with Crippen molar-refractivity contribution in [3.63, 3.8) is 0 Å². The van der Waals surface area contributed by atoms with Crippen LogP contribution in [-0.2, 0) is 4.79 Å². The first-order chi connectivity index (χ1) is 9.65. The topological polar surface area (TPSA) is 32.3 Å². The minimum absolute atomic E-state index is 0.0244. The lowest BCUT2D eigenvalue weighted by atomic mass is 10.1. The SMILES string of the molecule is Cc1ccc(NC(=O)CN2CCCCCCC2)c(Cl)c1. The summed E-state index contributed by atoms with van der Waals surface area (Å²) in [7, 11) is 0. The van der Waals surface area contributed by atoms with E-state index in [0.29, 0.717) is 17.3 Å². The zero-order valence-corrected chi connectivity index (χ0v) is 12.9. The van der Waals surface area contributed by atoms with Crippen LogP contribution in [0.25, 0.3) is 0 Å². The van der Waals surface area contributed by atoms with Gasteiger partial charge >= 0.3 is 0 Å². The van der Waals surface area contributed by atoms with Gasteiger partial charge in [0.2, 0.25) is 5.91 Å². The third kappa shape index (κ3) is 4.80. The summed E-state index contributed by atoms with van der Waals surface area (Å²) in [5.41, 5.74) is 1.80. The maximum absolute atomic E-state index is 12.1. The summed E-state index contributed by atoms with van der Waals surface area (Å²) < 4.78 is 0. The van der Waals surface area contributed by atoms with Crippen molar-refractivity contribution in [1.82, 2.24) is 4.90 Å². The first-order valence-electron chi connectivity index (χ1n) is 7.43. The maximum Gasteiger partial charge on any atom is 0.238 e. The van der Waals surface area contributed by atoms with Crippen molar-refractivity contribution in [2.45, 2.75) is 39.0 Å². The zero-order valence-electron chi connectivity index (χ0n) is 12.1. The van der Waals surface area contributed by atoms with Crippen LogP contribution >= 0.6 is 11.6 Å². The number of halogens is 1. The Bertz CT molecular complexity index is 454. The Labute approximate surface area is 126 Å². The van der Waals surface area contributed by atoms with Crippen LogP contribution in [0.5, 0.6) is 0 Å². The summed E-state index contributed by atoms with van der Waals surface area (Å²) in [6.45, 7) is 4.49. The molecule has 0 radical (unpaired) electrons. The van der Waals surface area contributed by atoms with Gasteiger partial charge in [-0.15, -0.1) is 0 Å². The van der Waals surface area contributed by atoms with Gasteiger partial charge in [0.1, 0.15) is 0 Å². The van der Waals surface area contributed by atoms with Crippen molar-refractivity contribution in [3.8, 4) is 0 Å². The maximum atomic E-state index is 12.1. The Hall–Kier alpha value is -1.06. The summed E-state index contributed by atoms with van der Waals surface area (Å²) in [4.78, 5) is 14.4. The fourth-order valence-electron chi connectivity index (χ4n) is 2.59. The standard InChI is InChI=1S/C16H23ClN2O/c1-13-7-8-15(14(17)11-13)18-16(20)12-19-9-5-3-2-4-6-10-19/h7-8,11H,2-6,9-10,12H2,1H3,(H,18,20). The monoisotopic (exact) mass is 294 g/mol. The largest absolute Gasteiger partial charge is 0.324 e. The Kier molecular flexibility index (Phi) is 5.86. The molecular weight excluding hydrogens is 272 g/mol.